The van der Waals surface area contributed by atoms with Crippen LogP contribution in [0.1, 0.15) is 43.5 Å². The lowest BCUT2D eigenvalue weighted by atomic mass is 9.81. The maximum absolute atomic E-state index is 12.5. The van der Waals surface area contributed by atoms with E-state index in [1.807, 2.05) is 0 Å². The molecule has 0 amide bonds. The maximum atomic E-state index is 12.5. The largest absolute Gasteiger partial charge is 0.465 e. The number of hydrogen-bond donors (Lipinski definition) is 0. The Kier molecular flexibility index (Phi) is 3.36. The lowest BCUT2D eigenvalue weighted by Gasteiger charge is -2.22. The number of benzene rings is 1. The third kappa shape index (κ3) is 2.14. The van der Waals surface area contributed by atoms with Gasteiger partial charge in [-0.3, -0.25) is 9.78 Å². The average Bonchev–Trinajstić information content (AvgIpc) is 3.00. The number of esters is 1. The molecule has 0 aliphatic heterocycles. The number of carbonyl (C=O) groups excluding carboxylic acids is 2. The molecule has 1 heterocycles. The molecule has 1 atom stereocenters. The minimum Gasteiger partial charge on any atom is -0.465 e. The summed E-state index contributed by atoms with van der Waals surface area (Å²) < 4.78 is 4.70. The molecule has 0 spiro atoms. The van der Waals surface area contributed by atoms with Crippen LogP contribution in [0.3, 0.4) is 0 Å². The standard InChI is InChI=1S/C15H13NO3S/c1-19-15(18)10-3-4-11-9(6-10)2-5-12(14(11)17)13-7-16-8-20-13/h3-4,6-8,12H,2,5H2,1H3. The van der Waals surface area contributed by atoms with Gasteiger partial charge in [0.15, 0.2) is 5.78 Å². The third-order valence-electron chi connectivity index (χ3n) is 3.61. The molecule has 0 saturated heterocycles. The molecule has 1 aliphatic rings. The van der Waals surface area contributed by atoms with Crippen LogP contribution in [0.25, 0.3) is 0 Å². The highest BCUT2D eigenvalue weighted by molar-refractivity contribution is 7.09. The summed E-state index contributed by atoms with van der Waals surface area (Å²) >= 11 is 1.51. The Balaban J connectivity index is 1.95. The fourth-order valence-electron chi connectivity index (χ4n) is 2.57. The molecule has 5 heteroatoms. The molecular weight excluding hydrogens is 274 g/mol. The van der Waals surface area contributed by atoms with E-state index in [0.29, 0.717) is 11.1 Å². The number of hydrogen-bond acceptors (Lipinski definition) is 5. The van der Waals surface area contributed by atoms with Gasteiger partial charge in [0, 0.05) is 16.6 Å². The van der Waals surface area contributed by atoms with Gasteiger partial charge >= 0.3 is 5.97 Å². The highest BCUT2D eigenvalue weighted by Crippen LogP contribution is 2.34. The van der Waals surface area contributed by atoms with Gasteiger partial charge in [-0.2, -0.15) is 0 Å². The Bertz CT molecular complexity index is 664. The molecule has 0 bridgehead atoms. The molecule has 0 fully saturated rings. The van der Waals surface area contributed by atoms with E-state index in [1.165, 1.54) is 18.4 Å². The van der Waals surface area contributed by atoms with Gasteiger partial charge in [0.05, 0.1) is 24.1 Å². The molecule has 4 nitrogen and oxygen atoms in total. The van der Waals surface area contributed by atoms with E-state index in [-0.39, 0.29) is 17.7 Å². The number of aryl methyl sites for hydroxylation is 1. The number of ketones is 1. The van der Waals surface area contributed by atoms with Crippen LogP contribution in [0, 0.1) is 0 Å². The van der Waals surface area contributed by atoms with Crippen LogP contribution < -0.4 is 0 Å². The van der Waals surface area contributed by atoms with Crippen molar-refractivity contribution in [3.05, 3.63) is 51.5 Å². The first-order chi connectivity index (χ1) is 9.70. The first-order valence-corrected chi connectivity index (χ1v) is 7.22. The fourth-order valence-corrected chi connectivity index (χ4v) is 3.33. The van der Waals surface area contributed by atoms with Gasteiger partial charge in [-0.25, -0.2) is 4.79 Å². The SMILES string of the molecule is COC(=O)c1ccc2c(c1)CCC(c1cncs1)C2=O. The molecule has 0 saturated carbocycles. The van der Waals surface area contributed by atoms with Crippen LogP contribution in [0.4, 0.5) is 0 Å². The van der Waals surface area contributed by atoms with Crippen LogP contribution in [-0.2, 0) is 11.2 Å². The average molecular weight is 287 g/mol. The van der Waals surface area contributed by atoms with E-state index in [2.05, 4.69) is 4.98 Å². The minimum absolute atomic E-state index is 0.0982. The molecule has 102 valence electrons. The Hall–Kier alpha value is -2.01. The van der Waals surface area contributed by atoms with Gasteiger partial charge in [-0.15, -0.1) is 11.3 Å². The second-order valence-corrected chi connectivity index (χ2v) is 5.64. The third-order valence-corrected chi connectivity index (χ3v) is 4.49. The smallest absolute Gasteiger partial charge is 0.337 e. The number of fused-ring (bicyclic) bond motifs is 1. The lowest BCUT2D eigenvalue weighted by molar-refractivity contribution is 0.0600. The van der Waals surface area contributed by atoms with Crippen LogP contribution in [0.2, 0.25) is 0 Å². The summed E-state index contributed by atoms with van der Waals surface area (Å²) in [4.78, 5) is 29.1. The molecule has 1 aliphatic carbocycles. The Labute approximate surface area is 120 Å². The highest BCUT2D eigenvalue weighted by atomic mass is 32.1. The fraction of sp³-hybridized carbons (Fsp3) is 0.267. The Morgan fingerprint density at radius 2 is 2.30 bits per heavy atom. The Morgan fingerprint density at radius 1 is 1.45 bits per heavy atom. The summed E-state index contributed by atoms with van der Waals surface area (Å²) in [7, 11) is 1.35. The number of nitrogens with zero attached hydrogens (tertiary/aromatic N) is 1. The van der Waals surface area contributed by atoms with Crippen LogP contribution in [-0.4, -0.2) is 23.8 Å². The molecule has 0 N–H and O–H groups in total. The second-order valence-electron chi connectivity index (χ2n) is 4.72. The zero-order valence-corrected chi connectivity index (χ0v) is 11.8. The maximum Gasteiger partial charge on any atom is 0.337 e. The first kappa shape index (κ1) is 13.0. The molecule has 3 rings (SSSR count). The van der Waals surface area contributed by atoms with Crippen molar-refractivity contribution >= 4 is 23.1 Å². The Morgan fingerprint density at radius 3 is 3.00 bits per heavy atom. The van der Waals surface area contributed by atoms with Crippen molar-refractivity contribution in [3.63, 3.8) is 0 Å². The lowest BCUT2D eigenvalue weighted by Crippen LogP contribution is -2.20. The van der Waals surface area contributed by atoms with Crippen molar-refractivity contribution < 1.29 is 14.3 Å². The molecule has 1 aromatic carbocycles. The summed E-state index contributed by atoms with van der Waals surface area (Å²) in [6, 6.07) is 5.15. The summed E-state index contributed by atoms with van der Waals surface area (Å²) in [5.41, 5.74) is 3.88. The van der Waals surface area contributed by atoms with Crippen LogP contribution in [0.15, 0.2) is 29.9 Å². The summed E-state index contributed by atoms with van der Waals surface area (Å²) in [6.07, 6.45) is 3.31. The minimum atomic E-state index is -0.371. The number of Topliss-reactive ketones (excluding diaryl/α,β-unsaturated/α-hetero) is 1. The van der Waals surface area contributed by atoms with E-state index < -0.39 is 0 Å². The van der Waals surface area contributed by atoms with Gasteiger partial charge in [0.1, 0.15) is 0 Å². The van der Waals surface area contributed by atoms with Gasteiger partial charge in [0.25, 0.3) is 0 Å². The van der Waals surface area contributed by atoms with Crippen molar-refractivity contribution in [1.29, 1.82) is 0 Å². The van der Waals surface area contributed by atoms with Crippen molar-refractivity contribution in [2.45, 2.75) is 18.8 Å². The number of ether oxygens (including phenoxy) is 1. The van der Waals surface area contributed by atoms with Gasteiger partial charge in [0.2, 0.25) is 0 Å². The van der Waals surface area contributed by atoms with Gasteiger partial charge in [-0.1, -0.05) is 6.07 Å². The van der Waals surface area contributed by atoms with Crippen molar-refractivity contribution in [2.24, 2.45) is 0 Å². The van der Waals surface area contributed by atoms with Crippen molar-refractivity contribution in [2.75, 3.05) is 7.11 Å². The zero-order chi connectivity index (χ0) is 14.1. The second kappa shape index (κ2) is 5.17. The molecule has 1 aromatic heterocycles. The highest BCUT2D eigenvalue weighted by Gasteiger charge is 2.30. The molecule has 2 aromatic rings. The van der Waals surface area contributed by atoms with Gasteiger partial charge in [-0.05, 0) is 30.5 Å². The molecule has 1 unspecified atom stereocenters. The number of methoxy groups -OCH3 is 1. The van der Waals surface area contributed by atoms with Crippen molar-refractivity contribution in [1.82, 2.24) is 4.98 Å². The molecule has 20 heavy (non-hydrogen) atoms. The van der Waals surface area contributed by atoms with E-state index in [9.17, 15) is 9.59 Å². The van der Waals surface area contributed by atoms with E-state index in [1.54, 1.807) is 29.9 Å². The van der Waals surface area contributed by atoms with Crippen LogP contribution in [0.5, 0.6) is 0 Å². The summed E-state index contributed by atoms with van der Waals surface area (Å²) in [6.45, 7) is 0. The topological polar surface area (TPSA) is 56.3 Å². The number of aromatic nitrogens is 1. The number of rotatable bonds is 2. The number of carbonyl (C=O) groups is 2. The summed E-state index contributed by atoms with van der Waals surface area (Å²) in [5, 5.41) is 0. The predicted molar refractivity (Wildman–Crippen MR) is 75.3 cm³/mol. The summed E-state index contributed by atoms with van der Waals surface area (Å²) in [5.74, 6) is -0.351. The predicted octanol–water partition coefficient (Wildman–Crippen LogP) is 2.84. The quantitative estimate of drug-likeness (QED) is 0.797. The first-order valence-electron chi connectivity index (χ1n) is 6.34. The number of thiazole rings is 1. The van der Waals surface area contributed by atoms with E-state index in [0.717, 1.165) is 23.3 Å². The monoisotopic (exact) mass is 287 g/mol. The van der Waals surface area contributed by atoms with E-state index in [4.69, 9.17) is 4.74 Å². The normalized spacial score (nSPS) is 17.6. The molecule has 0 radical (unpaired) electrons. The van der Waals surface area contributed by atoms with Gasteiger partial charge < -0.3 is 4.74 Å². The molecular formula is C15H13NO3S. The zero-order valence-electron chi connectivity index (χ0n) is 11.0. The van der Waals surface area contributed by atoms with Crippen LogP contribution >= 0.6 is 11.3 Å². The van der Waals surface area contributed by atoms with Crippen molar-refractivity contribution in [3.8, 4) is 0 Å². The van der Waals surface area contributed by atoms with E-state index >= 15 is 0 Å².